The van der Waals surface area contributed by atoms with Crippen LogP contribution in [0.3, 0.4) is 0 Å². The van der Waals surface area contributed by atoms with Crippen LogP contribution in [0.15, 0.2) is 182 Å². The summed E-state index contributed by atoms with van der Waals surface area (Å²) < 4.78 is 2.40. The smallest absolute Gasteiger partial charge is 0.0547 e. The van der Waals surface area contributed by atoms with Gasteiger partial charge in [0.1, 0.15) is 0 Å². The molecule has 2 heteroatoms. The molecule has 1 aromatic heterocycles. The van der Waals surface area contributed by atoms with E-state index < -0.39 is 0 Å². The monoisotopic (exact) mass is 586 g/mol. The highest BCUT2D eigenvalue weighted by molar-refractivity contribution is 6.13. The summed E-state index contributed by atoms with van der Waals surface area (Å²) >= 11 is 0. The maximum absolute atomic E-state index is 2.40. The predicted molar refractivity (Wildman–Crippen MR) is 196 cm³/mol. The molecule has 0 unspecified atom stereocenters. The van der Waals surface area contributed by atoms with Crippen LogP contribution >= 0.6 is 0 Å². The molecule has 46 heavy (non-hydrogen) atoms. The number of para-hydroxylation sites is 1. The van der Waals surface area contributed by atoms with Gasteiger partial charge < -0.3 is 9.47 Å². The Morgan fingerprint density at radius 1 is 0.326 bits per heavy atom. The molecule has 9 rings (SSSR count). The van der Waals surface area contributed by atoms with Crippen molar-refractivity contribution in [2.75, 3.05) is 4.90 Å². The minimum absolute atomic E-state index is 1.11. The lowest BCUT2D eigenvalue weighted by molar-refractivity contribution is 1.17. The van der Waals surface area contributed by atoms with E-state index in [0.717, 1.165) is 22.7 Å². The van der Waals surface area contributed by atoms with E-state index in [1.807, 2.05) is 0 Å². The molecule has 2 nitrogen and oxygen atoms in total. The fraction of sp³-hybridized carbons (Fsp3) is 0. The van der Waals surface area contributed by atoms with Crippen molar-refractivity contribution in [2.45, 2.75) is 0 Å². The predicted octanol–water partition coefficient (Wildman–Crippen LogP) is 12.2. The first kappa shape index (κ1) is 26.3. The molecule has 0 atom stereocenters. The summed E-state index contributed by atoms with van der Waals surface area (Å²) in [5.41, 5.74) is 9.35. The highest BCUT2D eigenvalue weighted by Crippen LogP contribution is 2.39. The van der Waals surface area contributed by atoms with E-state index in [0.29, 0.717) is 0 Å². The fourth-order valence-electron chi connectivity index (χ4n) is 6.88. The van der Waals surface area contributed by atoms with E-state index in [2.05, 4.69) is 191 Å². The lowest BCUT2D eigenvalue weighted by Gasteiger charge is -2.26. The second-order valence-electron chi connectivity index (χ2n) is 11.9. The number of fused-ring (bicyclic) bond motifs is 5. The van der Waals surface area contributed by atoms with Crippen LogP contribution in [0.2, 0.25) is 0 Å². The van der Waals surface area contributed by atoms with Gasteiger partial charge in [-0.1, -0.05) is 115 Å². The van der Waals surface area contributed by atoms with Crippen LogP contribution in [0.4, 0.5) is 17.1 Å². The van der Waals surface area contributed by atoms with Gasteiger partial charge in [0.2, 0.25) is 0 Å². The van der Waals surface area contributed by atoms with E-state index in [9.17, 15) is 0 Å². The first-order valence-electron chi connectivity index (χ1n) is 15.8. The minimum atomic E-state index is 1.11. The van der Waals surface area contributed by atoms with Gasteiger partial charge in [0.25, 0.3) is 0 Å². The standard InChI is InChI=1S/C44H30N2/c1-2-10-31(11-3-1)33-18-21-37(22-19-33)45(40-23-20-32-12-4-5-13-34(32)28-40)38-24-26-39(27-25-38)46-43-17-9-8-16-41(43)42-29-35-14-6-7-15-36(35)30-44(42)46/h1-30H. The summed E-state index contributed by atoms with van der Waals surface area (Å²) in [5.74, 6) is 0. The summed E-state index contributed by atoms with van der Waals surface area (Å²) in [4.78, 5) is 2.35. The topological polar surface area (TPSA) is 8.17 Å². The number of aromatic nitrogens is 1. The summed E-state index contributed by atoms with van der Waals surface area (Å²) in [6.07, 6.45) is 0. The van der Waals surface area contributed by atoms with Crippen molar-refractivity contribution in [3.63, 3.8) is 0 Å². The van der Waals surface area contributed by atoms with Crippen molar-refractivity contribution in [3.8, 4) is 16.8 Å². The van der Waals surface area contributed by atoms with Gasteiger partial charge in [-0.25, -0.2) is 0 Å². The van der Waals surface area contributed by atoms with E-state index in [1.54, 1.807) is 0 Å². The maximum Gasteiger partial charge on any atom is 0.0547 e. The molecule has 8 aromatic carbocycles. The number of benzene rings is 8. The van der Waals surface area contributed by atoms with Crippen molar-refractivity contribution in [2.24, 2.45) is 0 Å². The third kappa shape index (κ3) is 4.43. The highest BCUT2D eigenvalue weighted by Gasteiger charge is 2.16. The normalized spacial score (nSPS) is 11.5. The molecule has 0 aliphatic rings. The van der Waals surface area contributed by atoms with Gasteiger partial charge in [-0.05, 0) is 99.4 Å². The Balaban J connectivity index is 1.19. The average molecular weight is 587 g/mol. The van der Waals surface area contributed by atoms with Gasteiger partial charge in [-0.3, -0.25) is 0 Å². The van der Waals surface area contributed by atoms with Crippen molar-refractivity contribution < 1.29 is 0 Å². The van der Waals surface area contributed by atoms with E-state index in [-0.39, 0.29) is 0 Å². The largest absolute Gasteiger partial charge is 0.310 e. The van der Waals surface area contributed by atoms with Gasteiger partial charge in [0, 0.05) is 33.5 Å². The molecule has 9 aromatic rings. The Morgan fingerprint density at radius 3 is 1.61 bits per heavy atom. The zero-order chi connectivity index (χ0) is 30.5. The van der Waals surface area contributed by atoms with Crippen molar-refractivity contribution in [1.82, 2.24) is 4.57 Å². The van der Waals surface area contributed by atoms with Crippen LogP contribution < -0.4 is 4.90 Å². The lowest BCUT2D eigenvalue weighted by atomic mass is 10.0. The molecule has 0 aliphatic carbocycles. The van der Waals surface area contributed by atoms with E-state index in [1.165, 1.54) is 54.5 Å². The zero-order valence-corrected chi connectivity index (χ0v) is 25.2. The van der Waals surface area contributed by atoms with E-state index in [4.69, 9.17) is 0 Å². The third-order valence-corrected chi connectivity index (χ3v) is 9.13. The van der Waals surface area contributed by atoms with Gasteiger partial charge >= 0.3 is 0 Å². The number of hydrogen-bond donors (Lipinski definition) is 0. The quantitative estimate of drug-likeness (QED) is 0.195. The minimum Gasteiger partial charge on any atom is -0.310 e. The number of nitrogens with zero attached hydrogens (tertiary/aromatic N) is 2. The van der Waals surface area contributed by atoms with Crippen LogP contribution in [0.5, 0.6) is 0 Å². The second kappa shape index (κ2) is 10.8. The number of rotatable bonds is 5. The summed E-state index contributed by atoms with van der Waals surface area (Å²) in [7, 11) is 0. The highest BCUT2D eigenvalue weighted by atomic mass is 15.1. The third-order valence-electron chi connectivity index (χ3n) is 9.13. The van der Waals surface area contributed by atoms with E-state index >= 15 is 0 Å². The first-order chi connectivity index (χ1) is 22.8. The fourth-order valence-corrected chi connectivity index (χ4v) is 6.88. The SMILES string of the molecule is c1ccc(-c2ccc(N(c3ccc(-n4c5ccccc5c5cc6ccccc6cc54)cc3)c3ccc4ccccc4c3)cc2)cc1. The Bertz CT molecular complexity index is 2510. The Kier molecular flexibility index (Phi) is 6.17. The lowest BCUT2D eigenvalue weighted by Crippen LogP contribution is -2.10. The molecule has 0 aliphatic heterocycles. The van der Waals surface area contributed by atoms with Gasteiger partial charge in [-0.2, -0.15) is 0 Å². The molecule has 0 amide bonds. The molecule has 216 valence electrons. The molecular formula is C44H30N2. The Labute approximate surface area is 268 Å². The molecule has 1 heterocycles. The summed E-state index contributed by atoms with van der Waals surface area (Å²) in [6.45, 7) is 0. The maximum atomic E-state index is 2.40. The van der Waals surface area contributed by atoms with Crippen LogP contribution in [-0.2, 0) is 0 Å². The first-order valence-corrected chi connectivity index (χ1v) is 15.8. The molecule has 0 N–H and O–H groups in total. The van der Waals surface area contributed by atoms with Crippen LogP contribution in [0, 0.1) is 0 Å². The zero-order valence-electron chi connectivity index (χ0n) is 25.2. The van der Waals surface area contributed by atoms with Crippen molar-refractivity contribution in [1.29, 1.82) is 0 Å². The van der Waals surface area contributed by atoms with Crippen molar-refractivity contribution >= 4 is 60.4 Å². The van der Waals surface area contributed by atoms with Crippen LogP contribution in [0.25, 0.3) is 60.2 Å². The molecule has 0 spiro atoms. The molecule has 0 bridgehead atoms. The second-order valence-corrected chi connectivity index (χ2v) is 11.9. The van der Waals surface area contributed by atoms with Crippen LogP contribution in [-0.4, -0.2) is 4.57 Å². The number of hydrogen-bond acceptors (Lipinski definition) is 1. The molecular weight excluding hydrogens is 556 g/mol. The average Bonchev–Trinajstić information content (AvgIpc) is 3.45. The number of anilines is 3. The molecule has 0 saturated carbocycles. The molecule has 0 saturated heterocycles. The van der Waals surface area contributed by atoms with Crippen LogP contribution in [0.1, 0.15) is 0 Å². The van der Waals surface area contributed by atoms with Crippen molar-refractivity contribution in [3.05, 3.63) is 182 Å². The van der Waals surface area contributed by atoms with Gasteiger partial charge in [0.05, 0.1) is 11.0 Å². The van der Waals surface area contributed by atoms with Gasteiger partial charge in [0.15, 0.2) is 0 Å². The molecule has 0 fully saturated rings. The Hall–Kier alpha value is -6.12. The Morgan fingerprint density at radius 2 is 0.870 bits per heavy atom. The summed E-state index contributed by atoms with van der Waals surface area (Å²) in [5, 5.41) is 7.51. The summed E-state index contributed by atoms with van der Waals surface area (Å²) in [6, 6.07) is 65.7. The van der Waals surface area contributed by atoms with Gasteiger partial charge in [-0.15, -0.1) is 0 Å². The molecule has 0 radical (unpaired) electrons.